The Morgan fingerprint density at radius 1 is 1.32 bits per heavy atom. The van der Waals surface area contributed by atoms with E-state index in [-0.39, 0.29) is 23.4 Å². The van der Waals surface area contributed by atoms with Gasteiger partial charge in [0.15, 0.2) is 5.65 Å². The normalized spacial score (nSPS) is 17.1. The van der Waals surface area contributed by atoms with E-state index in [0.717, 1.165) is 12.8 Å². The number of carbonyl (C=O) groups is 2. The summed E-state index contributed by atoms with van der Waals surface area (Å²) in [7, 11) is 0. The predicted octanol–water partition coefficient (Wildman–Crippen LogP) is 2.45. The topological polar surface area (TPSA) is 134 Å². The number of ether oxygens (including phenoxy) is 1. The molecule has 0 atom stereocenters. The van der Waals surface area contributed by atoms with Crippen molar-refractivity contribution in [3.63, 3.8) is 0 Å². The molecule has 1 aliphatic carbocycles. The number of rotatable bonds is 5. The number of hydrogen-bond acceptors (Lipinski definition) is 8. The zero-order valence-electron chi connectivity index (χ0n) is 15.9. The standard InChI is InChI=1S/C20H14ClN7O3/c21-15-7-14(4-1-10(15)8-22)31-20-26-17-12(5-11-6-16(29)25-18(11)30)9-23-28(17)19(27-20)24-13-2-3-13/h1,4-5,7,9,13H,2-3,6H2,(H,24,26,27)(H,25,29,30)/b11-5+. The van der Waals surface area contributed by atoms with E-state index < -0.39 is 5.91 Å². The van der Waals surface area contributed by atoms with Crippen LogP contribution in [0.2, 0.25) is 5.02 Å². The van der Waals surface area contributed by atoms with E-state index in [0.29, 0.717) is 40.1 Å². The predicted molar refractivity (Wildman–Crippen MR) is 109 cm³/mol. The number of halogens is 1. The number of nitriles is 1. The maximum atomic E-state index is 11.9. The fourth-order valence-corrected chi connectivity index (χ4v) is 3.30. The van der Waals surface area contributed by atoms with Crippen LogP contribution in [0.1, 0.15) is 30.4 Å². The van der Waals surface area contributed by atoms with Gasteiger partial charge in [-0.3, -0.25) is 14.9 Å². The second-order valence-electron chi connectivity index (χ2n) is 7.16. The van der Waals surface area contributed by atoms with E-state index in [2.05, 4.69) is 25.7 Å². The van der Waals surface area contributed by atoms with Crippen molar-refractivity contribution in [1.82, 2.24) is 24.9 Å². The lowest BCUT2D eigenvalue weighted by Crippen LogP contribution is -2.19. The second-order valence-corrected chi connectivity index (χ2v) is 7.57. The molecule has 0 bridgehead atoms. The third-order valence-corrected chi connectivity index (χ3v) is 5.09. The van der Waals surface area contributed by atoms with Crippen molar-refractivity contribution < 1.29 is 14.3 Å². The van der Waals surface area contributed by atoms with Gasteiger partial charge in [0.25, 0.3) is 5.91 Å². The molecular formula is C20H14ClN7O3. The molecule has 3 aromatic rings. The first-order chi connectivity index (χ1) is 15.0. The molecule has 2 N–H and O–H groups in total. The molecule has 31 heavy (non-hydrogen) atoms. The Morgan fingerprint density at radius 3 is 2.84 bits per heavy atom. The molecule has 1 aromatic carbocycles. The third-order valence-electron chi connectivity index (χ3n) is 4.78. The maximum absolute atomic E-state index is 11.9. The highest BCUT2D eigenvalue weighted by Crippen LogP contribution is 2.29. The van der Waals surface area contributed by atoms with E-state index in [1.807, 2.05) is 6.07 Å². The molecule has 154 valence electrons. The lowest BCUT2D eigenvalue weighted by Gasteiger charge is -2.10. The number of nitrogens with zero attached hydrogens (tertiary/aromatic N) is 5. The summed E-state index contributed by atoms with van der Waals surface area (Å²) in [6.07, 6.45) is 5.18. The molecule has 1 saturated heterocycles. The highest BCUT2D eigenvalue weighted by Gasteiger charge is 2.26. The van der Waals surface area contributed by atoms with Gasteiger partial charge in [-0.05, 0) is 31.1 Å². The number of amides is 2. The van der Waals surface area contributed by atoms with E-state index in [1.54, 1.807) is 24.4 Å². The second kappa shape index (κ2) is 7.37. The Labute approximate surface area is 180 Å². The Kier molecular flexibility index (Phi) is 4.52. The first-order valence-corrected chi connectivity index (χ1v) is 9.82. The Morgan fingerprint density at radius 2 is 2.16 bits per heavy atom. The van der Waals surface area contributed by atoms with E-state index in [1.165, 1.54) is 10.6 Å². The van der Waals surface area contributed by atoms with Crippen LogP contribution in [-0.4, -0.2) is 37.4 Å². The quantitative estimate of drug-likeness (QED) is 0.461. The van der Waals surface area contributed by atoms with E-state index in [4.69, 9.17) is 21.6 Å². The lowest BCUT2D eigenvalue weighted by molar-refractivity contribution is -0.124. The van der Waals surface area contributed by atoms with Crippen molar-refractivity contribution >= 4 is 41.1 Å². The number of fused-ring (bicyclic) bond motifs is 1. The molecule has 2 aromatic heterocycles. The monoisotopic (exact) mass is 435 g/mol. The number of benzene rings is 1. The van der Waals surface area contributed by atoms with Gasteiger partial charge in [0, 0.05) is 23.2 Å². The molecule has 2 fully saturated rings. The molecular weight excluding hydrogens is 422 g/mol. The van der Waals surface area contributed by atoms with Gasteiger partial charge < -0.3 is 10.1 Å². The van der Waals surface area contributed by atoms with Crippen molar-refractivity contribution in [3.8, 4) is 17.8 Å². The molecule has 1 aliphatic heterocycles. The number of aromatic nitrogens is 4. The molecule has 2 aliphatic rings. The summed E-state index contributed by atoms with van der Waals surface area (Å²) >= 11 is 6.08. The van der Waals surface area contributed by atoms with Gasteiger partial charge in [-0.1, -0.05) is 11.6 Å². The van der Waals surface area contributed by atoms with Gasteiger partial charge in [-0.15, -0.1) is 0 Å². The Hall–Kier alpha value is -3.97. The number of nitrogens with one attached hydrogen (secondary N) is 2. The molecule has 0 radical (unpaired) electrons. The summed E-state index contributed by atoms with van der Waals surface area (Å²) in [4.78, 5) is 32.3. The van der Waals surface area contributed by atoms with Crippen molar-refractivity contribution in [3.05, 3.63) is 46.1 Å². The van der Waals surface area contributed by atoms with E-state index in [9.17, 15) is 9.59 Å². The fraction of sp³-hybridized carbons (Fsp3) is 0.200. The van der Waals surface area contributed by atoms with Crippen LogP contribution in [0.15, 0.2) is 30.0 Å². The number of hydrogen-bond donors (Lipinski definition) is 2. The Balaban J connectivity index is 1.56. The summed E-state index contributed by atoms with van der Waals surface area (Å²) in [5, 5.41) is 19.1. The van der Waals surface area contributed by atoms with Crippen LogP contribution in [0.25, 0.3) is 11.7 Å². The van der Waals surface area contributed by atoms with Crippen LogP contribution in [0, 0.1) is 11.3 Å². The first-order valence-electron chi connectivity index (χ1n) is 9.45. The molecule has 10 nitrogen and oxygen atoms in total. The van der Waals surface area contributed by atoms with Crippen LogP contribution < -0.4 is 15.4 Å². The van der Waals surface area contributed by atoms with Gasteiger partial charge in [0.2, 0.25) is 11.9 Å². The first kappa shape index (κ1) is 19.0. The van der Waals surface area contributed by atoms with Crippen LogP contribution >= 0.6 is 11.6 Å². The van der Waals surface area contributed by atoms with Crippen molar-refractivity contribution in [1.29, 1.82) is 5.26 Å². The molecule has 3 heterocycles. The highest BCUT2D eigenvalue weighted by molar-refractivity contribution is 6.31. The maximum Gasteiger partial charge on any atom is 0.327 e. The van der Waals surface area contributed by atoms with Crippen molar-refractivity contribution in [2.24, 2.45) is 0 Å². The van der Waals surface area contributed by atoms with Gasteiger partial charge in [0.05, 0.1) is 23.2 Å². The Bertz CT molecular complexity index is 1320. The highest BCUT2D eigenvalue weighted by atomic mass is 35.5. The largest absolute Gasteiger partial charge is 0.424 e. The lowest BCUT2D eigenvalue weighted by atomic mass is 10.1. The number of anilines is 1. The number of carbonyl (C=O) groups excluding carboxylic acids is 2. The van der Waals surface area contributed by atoms with Crippen LogP contribution in [0.3, 0.4) is 0 Å². The van der Waals surface area contributed by atoms with Crippen molar-refractivity contribution in [2.45, 2.75) is 25.3 Å². The van der Waals surface area contributed by atoms with Crippen molar-refractivity contribution in [2.75, 3.05) is 5.32 Å². The summed E-state index contributed by atoms with van der Waals surface area (Å²) in [6, 6.07) is 6.98. The summed E-state index contributed by atoms with van der Waals surface area (Å²) < 4.78 is 7.32. The van der Waals surface area contributed by atoms with Gasteiger partial charge in [-0.2, -0.15) is 24.8 Å². The summed E-state index contributed by atoms with van der Waals surface area (Å²) in [6.45, 7) is 0. The molecule has 5 rings (SSSR count). The van der Waals surface area contributed by atoms with Gasteiger partial charge in [0.1, 0.15) is 11.8 Å². The van der Waals surface area contributed by atoms with Crippen LogP contribution in [0.5, 0.6) is 11.8 Å². The fourth-order valence-electron chi connectivity index (χ4n) is 3.09. The average molecular weight is 436 g/mol. The average Bonchev–Trinajstić information content (AvgIpc) is 3.37. The third kappa shape index (κ3) is 3.78. The smallest absolute Gasteiger partial charge is 0.327 e. The van der Waals surface area contributed by atoms with Gasteiger partial charge >= 0.3 is 6.01 Å². The molecule has 0 unspecified atom stereocenters. The molecule has 0 spiro atoms. The minimum atomic E-state index is -0.432. The van der Waals surface area contributed by atoms with E-state index >= 15 is 0 Å². The zero-order chi connectivity index (χ0) is 21.5. The SMILES string of the molecule is N#Cc1ccc(Oc2nc(NC3CC3)n3ncc(/C=C4\CC(=O)NC4=O)c3n2)cc1Cl. The molecule has 1 saturated carbocycles. The summed E-state index contributed by atoms with van der Waals surface area (Å²) in [5.41, 5.74) is 1.61. The number of imide groups is 1. The van der Waals surface area contributed by atoms with Gasteiger partial charge in [-0.25, -0.2) is 0 Å². The minimum absolute atomic E-state index is 0.00152. The zero-order valence-corrected chi connectivity index (χ0v) is 16.7. The molecule has 2 amide bonds. The van der Waals surface area contributed by atoms with Crippen LogP contribution in [0.4, 0.5) is 5.95 Å². The minimum Gasteiger partial charge on any atom is -0.424 e. The summed E-state index contributed by atoms with van der Waals surface area (Å²) in [5.74, 6) is 0.0309. The molecule has 11 heteroatoms. The van der Waals surface area contributed by atoms with Crippen LogP contribution in [-0.2, 0) is 9.59 Å².